The molecule has 0 aromatic heterocycles. The molecule has 0 amide bonds. The highest BCUT2D eigenvalue weighted by molar-refractivity contribution is 6.05. The number of hydrogen-bond acceptors (Lipinski definition) is 0. The van der Waals surface area contributed by atoms with Crippen molar-refractivity contribution in [3.8, 4) is 11.1 Å². The molecule has 30 heavy (non-hydrogen) atoms. The van der Waals surface area contributed by atoms with E-state index in [1.54, 1.807) is 0 Å². The third-order valence-corrected chi connectivity index (χ3v) is 5.53. The van der Waals surface area contributed by atoms with Crippen LogP contribution in [0.3, 0.4) is 0 Å². The largest absolute Gasteiger partial charge is 0.0616 e. The van der Waals surface area contributed by atoms with E-state index in [4.69, 9.17) is 0 Å². The van der Waals surface area contributed by atoms with E-state index in [1.807, 2.05) is 0 Å². The molecular weight excluding hydrogens is 360 g/mol. The minimum atomic E-state index is 1.29. The van der Waals surface area contributed by atoms with Crippen LogP contribution in [0, 0.1) is 0 Å². The Bertz CT molecular complexity index is 1290. The molecule has 0 aliphatic rings. The summed E-state index contributed by atoms with van der Waals surface area (Å²) in [4.78, 5) is 0. The number of hydrogen-bond donors (Lipinski definition) is 0. The van der Waals surface area contributed by atoms with Crippen LogP contribution in [0.5, 0.6) is 0 Å². The average molecular weight is 383 g/mol. The molecule has 0 atom stereocenters. The molecule has 0 radical (unpaired) electrons. The van der Waals surface area contributed by atoms with Crippen molar-refractivity contribution in [3.05, 3.63) is 133 Å². The van der Waals surface area contributed by atoms with Crippen LogP contribution in [0.4, 0.5) is 0 Å². The van der Waals surface area contributed by atoms with Gasteiger partial charge in [-0.2, -0.15) is 0 Å². The molecule has 0 aliphatic heterocycles. The third-order valence-electron chi connectivity index (χ3n) is 5.53. The first-order valence-corrected chi connectivity index (χ1v) is 10.3. The molecule has 142 valence electrons. The van der Waals surface area contributed by atoms with Gasteiger partial charge in [-0.05, 0) is 43.4 Å². The molecule has 0 fully saturated rings. The van der Waals surface area contributed by atoms with Gasteiger partial charge in [-0.15, -0.1) is 0 Å². The highest BCUT2D eigenvalue weighted by atomic mass is 14.1. The molecule has 0 aliphatic carbocycles. The van der Waals surface area contributed by atoms with Crippen LogP contribution in [0.25, 0.3) is 43.4 Å². The maximum atomic E-state index is 2.21. The normalized spacial score (nSPS) is 10.7. The first kappa shape index (κ1) is 18.1. The van der Waals surface area contributed by atoms with E-state index >= 15 is 0 Å². The molecule has 6 aromatic carbocycles. The van der Waals surface area contributed by atoms with Crippen LogP contribution >= 0.6 is 0 Å². The summed E-state index contributed by atoms with van der Waals surface area (Å²) >= 11 is 0. The van der Waals surface area contributed by atoms with Crippen molar-refractivity contribution in [1.82, 2.24) is 0 Å². The Morgan fingerprint density at radius 3 is 0.933 bits per heavy atom. The van der Waals surface area contributed by atoms with E-state index in [2.05, 4.69) is 133 Å². The van der Waals surface area contributed by atoms with Crippen LogP contribution in [0.15, 0.2) is 133 Å². The predicted molar refractivity (Wildman–Crippen MR) is 131 cm³/mol. The van der Waals surface area contributed by atoms with E-state index in [1.165, 1.54) is 43.4 Å². The zero-order valence-corrected chi connectivity index (χ0v) is 16.7. The summed E-state index contributed by atoms with van der Waals surface area (Å²) in [6, 6.07) is 46.9. The maximum Gasteiger partial charge on any atom is -0.00992 e. The standard InChI is InChI=1S/C20H14.C10H8/c1-3-11-17-15(7-1)9-5-13-19(17)20-14-6-10-16-8-2-4-12-18(16)20;1-2-6-10-8-4-3-7-9(10)5-1/h1-14H;1-8H. The smallest absolute Gasteiger partial charge is 0.00992 e. The van der Waals surface area contributed by atoms with E-state index in [9.17, 15) is 0 Å². The molecule has 6 rings (SSSR count). The van der Waals surface area contributed by atoms with Crippen molar-refractivity contribution in [3.63, 3.8) is 0 Å². The summed E-state index contributed by atoms with van der Waals surface area (Å²) in [6.07, 6.45) is 0. The predicted octanol–water partition coefficient (Wildman–Crippen LogP) is 8.50. The molecular formula is C30H22. The highest BCUT2D eigenvalue weighted by Crippen LogP contribution is 2.33. The monoisotopic (exact) mass is 382 g/mol. The second kappa shape index (κ2) is 8.23. The van der Waals surface area contributed by atoms with E-state index in [0.717, 1.165) is 0 Å². The summed E-state index contributed by atoms with van der Waals surface area (Å²) < 4.78 is 0. The first-order valence-electron chi connectivity index (χ1n) is 10.3. The molecule has 0 N–H and O–H groups in total. The van der Waals surface area contributed by atoms with E-state index < -0.39 is 0 Å². The lowest BCUT2D eigenvalue weighted by Crippen LogP contribution is -1.83. The van der Waals surface area contributed by atoms with Gasteiger partial charge in [0.1, 0.15) is 0 Å². The molecule has 0 saturated heterocycles. The second-order valence-corrected chi connectivity index (χ2v) is 7.40. The molecule has 0 spiro atoms. The van der Waals surface area contributed by atoms with Crippen molar-refractivity contribution in [1.29, 1.82) is 0 Å². The molecule has 0 nitrogen and oxygen atoms in total. The molecule has 0 unspecified atom stereocenters. The van der Waals surface area contributed by atoms with Gasteiger partial charge in [0.2, 0.25) is 0 Å². The zero-order valence-electron chi connectivity index (χ0n) is 16.7. The minimum absolute atomic E-state index is 1.29. The van der Waals surface area contributed by atoms with Gasteiger partial charge in [-0.25, -0.2) is 0 Å². The van der Waals surface area contributed by atoms with Crippen LogP contribution in [0.2, 0.25) is 0 Å². The van der Waals surface area contributed by atoms with Crippen molar-refractivity contribution in [2.75, 3.05) is 0 Å². The Kier molecular flexibility index (Phi) is 4.98. The van der Waals surface area contributed by atoms with Gasteiger partial charge in [0, 0.05) is 0 Å². The summed E-state index contributed by atoms with van der Waals surface area (Å²) in [5.41, 5.74) is 2.61. The van der Waals surface area contributed by atoms with Gasteiger partial charge < -0.3 is 0 Å². The lowest BCUT2D eigenvalue weighted by atomic mass is 9.94. The van der Waals surface area contributed by atoms with E-state index in [-0.39, 0.29) is 0 Å². The van der Waals surface area contributed by atoms with Gasteiger partial charge >= 0.3 is 0 Å². The summed E-state index contributed by atoms with van der Waals surface area (Å²) in [5, 5.41) is 7.82. The fourth-order valence-corrected chi connectivity index (χ4v) is 4.05. The number of rotatable bonds is 1. The van der Waals surface area contributed by atoms with Gasteiger partial charge in [0.05, 0.1) is 0 Å². The number of fused-ring (bicyclic) bond motifs is 3. The van der Waals surface area contributed by atoms with Crippen molar-refractivity contribution in [2.45, 2.75) is 0 Å². The maximum absolute atomic E-state index is 2.21. The fourth-order valence-electron chi connectivity index (χ4n) is 4.05. The quantitative estimate of drug-likeness (QED) is 0.267. The average Bonchev–Trinajstić information content (AvgIpc) is 2.84. The zero-order chi connectivity index (χ0) is 20.2. The first-order chi connectivity index (χ1) is 14.9. The van der Waals surface area contributed by atoms with E-state index in [0.29, 0.717) is 0 Å². The Labute approximate surface area is 177 Å². The van der Waals surface area contributed by atoms with Crippen molar-refractivity contribution in [2.24, 2.45) is 0 Å². The molecule has 0 bridgehead atoms. The molecule has 0 saturated carbocycles. The Hall–Kier alpha value is -3.90. The topological polar surface area (TPSA) is 0 Å². The van der Waals surface area contributed by atoms with Gasteiger partial charge in [-0.3, -0.25) is 0 Å². The molecule has 0 heterocycles. The third kappa shape index (κ3) is 3.56. The van der Waals surface area contributed by atoms with Crippen molar-refractivity contribution < 1.29 is 0 Å². The molecule has 0 heteroatoms. The van der Waals surface area contributed by atoms with Gasteiger partial charge in [0.25, 0.3) is 0 Å². The lowest BCUT2D eigenvalue weighted by molar-refractivity contribution is 1.68. The van der Waals surface area contributed by atoms with Crippen LogP contribution in [-0.2, 0) is 0 Å². The summed E-state index contributed by atoms with van der Waals surface area (Å²) in [7, 11) is 0. The highest BCUT2D eigenvalue weighted by Gasteiger charge is 2.06. The Morgan fingerprint density at radius 1 is 0.233 bits per heavy atom. The van der Waals surface area contributed by atoms with Crippen LogP contribution in [-0.4, -0.2) is 0 Å². The Balaban J connectivity index is 0.000000161. The molecule has 6 aromatic rings. The fraction of sp³-hybridized carbons (Fsp3) is 0. The summed E-state index contributed by atoms with van der Waals surface area (Å²) in [5.74, 6) is 0. The SMILES string of the molecule is c1ccc2c(-c3cccc4ccccc34)cccc2c1.c1ccc2ccccc2c1. The minimum Gasteiger partial charge on any atom is -0.0616 e. The van der Waals surface area contributed by atoms with Gasteiger partial charge in [0.15, 0.2) is 0 Å². The van der Waals surface area contributed by atoms with Crippen LogP contribution in [0.1, 0.15) is 0 Å². The second-order valence-electron chi connectivity index (χ2n) is 7.40. The number of benzene rings is 6. The van der Waals surface area contributed by atoms with Crippen LogP contribution < -0.4 is 0 Å². The van der Waals surface area contributed by atoms with Gasteiger partial charge in [-0.1, -0.05) is 133 Å². The van der Waals surface area contributed by atoms with Crippen molar-refractivity contribution >= 4 is 32.3 Å². The lowest BCUT2D eigenvalue weighted by Gasteiger charge is -2.10. The summed E-state index contributed by atoms with van der Waals surface area (Å²) in [6.45, 7) is 0. The Morgan fingerprint density at radius 2 is 0.533 bits per heavy atom.